The molecule has 0 radical (unpaired) electrons. The number of pyridine rings is 1. The van der Waals surface area contributed by atoms with E-state index in [1.165, 1.54) is 0 Å². The van der Waals surface area contributed by atoms with Crippen LogP contribution < -0.4 is 0 Å². The van der Waals surface area contributed by atoms with Crippen LogP contribution in [0.1, 0.15) is 34.1 Å². The molecule has 128 valence electrons. The summed E-state index contributed by atoms with van der Waals surface area (Å²) in [6.07, 6.45) is 0.743. The Morgan fingerprint density at radius 2 is 1.76 bits per heavy atom. The zero-order chi connectivity index (χ0) is 18.0. The van der Waals surface area contributed by atoms with Crippen LogP contribution >= 0.6 is 23.2 Å². The summed E-state index contributed by atoms with van der Waals surface area (Å²) in [6, 6.07) is 12.8. The summed E-state index contributed by atoms with van der Waals surface area (Å²) in [7, 11) is 0. The maximum Gasteiger partial charge on any atom is 0.339 e. The van der Waals surface area contributed by atoms with Crippen LogP contribution in [0.3, 0.4) is 0 Å². The lowest BCUT2D eigenvalue weighted by Crippen LogP contribution is -2.11. The van der Waals surface area contributed by atoms with Gasteiger partial charge in [0, 0.05) is 26.7 Å². The Morgan fingerprint density at radius 1 is 1.08 bits per heavy atom. The molecule has 25 heavy (non-hydrogen) atoms. The fraction of sp³-hybridized carbons (Fsp3) is 0.200. The first-order chi connectivity index (χ1) is 12.0. The Balaban J connectivity index is 1.98. The molecule has 1 aromatic heterocycles. The van der Waals surface area contributed by atoms with Gasteiger partial charge in [0.25, 0.3) is 0 Å². The van der Waals surface area contributed by atoms with Crippen LogP contribution in [-0.4, -0.2) is 11.0 Å². The van der Waals surface area contributed by atoms with E-state index < -0.39 is 5.97 Å². The summed E-state index contributed by atoms with van der Waals surface area (Å²) >= 11 is 12.3. The van der Waals surface area contributed by atoms with E-state index in [4.69, 9.17) is 27.9 Å². The van der Waals surface area contributed by atoms with Crippen molar-refractivity contribution in [3.63, 3.8) is 0 Å². The fourth-order valence-electron chi connectivity index (χ4n) is 2.85. The molecular formula is C20H17Cl2NO2. The molecule has 0 spiro atoms. The number of carbonyl (C=O) groups excluding carboxylic acids is 1. The molecule has 5 heteroatoms. The van der Waals surface area contributed by atoms with E-state index in [9.17, 15) is 4.79 Å². The minimum Gasteiger partial charge on any atom is -0.457 e. The predicted molar refractivity (Wildman–Crippen MR) is 101 cm³/mol. The highest BCUT2D eigenvalue weighted by molar-refractivity contribution is 6.36. The molecule has 0 unspecified atom stereocenters. The summed E-state index contributed by atoms with van der Waals surface area (Å²) in [5.41, 5.74) is 3.67. The molecule has 2 aromatic carbocycles. The van der Waals surface area contributed by atoms with Crippen molar-refractivity contribution in [1.82, 2.24) is 4.98 Å². The molecular weight excluding hydrogens is 357 g/mol. The maximum absolute atomic E-state index is 12.8. The summed E-state index contributed by atoms with van der Waals surface area (Å²) in [5.74, 6) is -0.401. The third-order valence-electron chi connectivity index (χ3n) is 4.18. The van der Waals surface area contributed by atoms with Gasteiger partial charge in [0.1, 0.15) is 6.61 Å². The van der Waals surface area contributed by atoms with Gasteiger partial charge in [-0.3, -0.25) is 4.98 Å². The van der Waals surface area contributed by atoms with Crippen molar-refractivity contribution in [2.45, 2.75) is 26.9 Å². The van der Waals surface area contributed by atoms with E-state index in [0.29, 0.717) is 21.2 Å². The monoisotopic (exact) mass is 373 g/mol. The molecule has 0 fully saturated rings. The Hall–Kier alpha value is -2.10. The van der Waals surface area contributed by atoms with Gasteiger partial charge in [-0.05, 0) is 37.1 Å². The summed E-state index contributed by atoms with van der Waals surface area (Å²) in [5, 5.41) is 1.74. The number of aryl methyl sites for hydroxylation is 1. The lowest BCUT2D eigenvalue weighted by molar-refractivity contribution is 0.0474. The summed E-state index contributed by atoms with van der Waals surface area (Å²) in [6.45, 7) is 3.94. The molecule has 0 aliphatic rings. The van der Waals surface area contributed by atoms with Gasteiger partial charge in [-0.15, -0.1) is 0 Å². The molecule has 0 aliphatic heterocycles. The van der Waals surface area contributed by atoms with Gasteiger partial charge in [-0.25, -0.2) is 4.79 Å². The van der Waals surface area contributed by atoms with Crippen molar-refractivity contribution in [2.24, 2.45) is 0 Å². The Labute approximate surface area is 156 Å². The third-order valence-corrected chi connectivity index (χ3v) is 4.89. The number of hydrogen-bond acceptors (Lipinski definition) is 3. The fourth-order valence-corrected chi connectivity index (χ4v) is 3.35. The number of nitrogens with zero attached hydrogens (tertiary/aromatic N) is 1. The second kappa shape index (κ2) is 7.42. The molecule has 0 aliphatic carbocycles. The molecule has 3 aromatic rings. The molecule has 0 atom stereocenters. The molecule has 0 saturated carbocycles. The molecule has 3 nitrogen and oxygen atoms in total. The molecule has 1 heterocycles. The van der Waals surface area contributed by atoms with Gasteiger partial charge in [-0.1, -0.05) is 54.4 Å². The topological polar surface area (TPSA) is 39.2 Å². The minimum atomic E-state index is -0.401. The maximum atomic E-state index is 12.8. The lowest BCUT2D eigenvalue weighted by Gasteiger charge is -2.14. The Morgan fingerprint density at radius 3 is 2.44 bits per heavy atom. The normalized spacial score (nSPS) is 10.9. The van der Waals surface area contributed by atoms with Gasteiger partial charge in [0.15, 0.2) is 0 Å². The van der Waals surface area contributed by atoms with Crippen molar-refractivity contribution in [2.75, 3.05) is 0 Å². The highest BCUT2D eigenvalue weighted by atomic mass is 35.5. The number of hydrogen-bond donors (Lipinski definition) is 0. The molecule has 0 N–H and O–H groups in total. The van der Waals surface area contributed by atoms with Gasteiger partial charge in [0.2, 0.25) is 0 Å². The SMILES string of the molecule is CCc1nc2ccccc2c(C(=O)OCc2c(Cl)cccc2Cl)c1C. The summed E-state index contributed by atoms with van der Waals surface area (Å²) < 4.78 is 5.53. The highest BCUT2D eigenvalue weighted by Crippen LogP contribution is 2.27. The number of benzene rings is 2. The van der Waals surface area contributed by atoms with E-state index in [2.05, 4.69) is 4.98 Å². The number of rotatable bonds is 4. The van der Waals surface area contributed by atoms with Crippen LogP contribution in [0.4, 0.5) is 0 Å². The van der Waals surface area contributed by atoms with Crippen molar-refractivity contribution < 1.29 is 9.53 Å². The molecule has 3 rings (SSSR count). The van der Waals surface area contributed by atoms with Gasteiger partial charge < -0.3 is 4.74 Å². The predicted octanol–water partition coefficient (Wildman–Crippen LogP) is 5.77. The average molecular weight is 374 g/mol. The standard InChI is InChI=1S/C20H17Cl2NO2/c1-3-17-12(2)19(13-7-4-5-10-18(13)23-17)20(24)25-11-14-15(21)8-6-9-16(14)22/h4-10H,3,11H2,1-2H3. The third kappa shape index (κ3) is 3.48. The first kappa shape index (κ1) is 17.7. The van der Waals surface area contributed by atoms with Gasteiger partial charge >= 0.3 is 5.97 Å². The molecule has 0 saturated heterocycles. The van der Waals surface area contributed by atoms with Gasteiger partial charge in [-0.2, -0.15) is 0 Å². The van der Waals surface area contributed by atoms with E-state index in [0.717, 1.165) is 28.6 Å². The average Bonchev–Trinajstić information content (AvgIpc) is 2.60. The number of carbonyl (C=O) groups is 1. The number of esters is 1. The quantitative estimate of drug-likeness (QED) is 0.544. The number of ether oxygens (including phenoxy) is 1. The Bertz CT molecular complexity index is 934. The van der Waals surface area contributed by atoms with E-state index in [-0.39, 0.29) is 6.61 Å². The van der Waals surface area contributed by atoms with Crippen molar-refractivity contribution in [3.05, 3.63) is 74.9 Å². The Kier molecular flexibility index (Phi) is 5.26. The number of aromatic nitrogens is 1. The first-order valence-corrected chi connectivity index (χ1v) is 8.76. The van der Waals surface area contributed by atoms with Crippen LogP contribution in [0, 0.1) is 6.92 Å². The highest BCUT2D eigenvalue weighted by Gasteiger charge is 2.19. The number of fused-ring (bicyclic) bond motifs is 1. The van der Waals surface area contributed by atoms with E-state index in [1.807, 2.05) is 38.1 Å². The van der Waals surface area contributed by atoms with Crippen LogP contribution in [0.2, 0.25) is 10.0 Å². The second-order valence-corrected chi connectivity index (χ2v) is 6.52. The number of halogens is 2. The van der Waals surface area contributed by atoms with Crippen LogP contribution in [0.15, 0.2) is 42.5 Å². The number of para-hydroxylation sites is 1. The van der Waals surface area contributed by atoms with Crippen molar-refractivity contribution >= 4 is 40.1 Å². The zero-order valence-electron chi connectivity index (χ0n) is 14.0. The largest absolute Gasteiger partial charge is 0.457 e. The first-order valence-electron chi connectivity index (χ1n) is 8.01. The lowest BCUT2D eigenvalue weighted by atomic mass is 10.0. The van der Waals surface area contributed by atoms with Crippen molar-refractivity contribution in [3.8, 4) is 0 Å². The van der Waals surface area contributed by atoms with Crippen LogP contribution in [0.25, 0.3) is 10.9 Å². The van der Waals surface area contributed by atoms with Crippen molar-refractivity contribution in [1.29, 1.82) is 0 Å². The molecule has 0 amide bonds. The van der Waals surface area contributed by atoms with Crippen LogP contribution in [-0.2, 0) is 17.8 Å². The smallest absolute Gasteiger partial charge is 0.339 e. The molecule has 0 bridgehead atoms. The van der Waals surface area contributed by atoms with Gasteiger partial charge in [0.05, 0.1) is 11.1 Å². The minimum absolute atomic E-state index is 0.0227. The zero-order valence-corrected chi connectivity index (χ0v) is 15.5. The van der Waals surface area contributed by atoms with Crippen LogP contribution in [0.5, 0.6) is 0 Å². The summed E-state index contributed by atoms with van der Waals surface area (Å²) in [4.78, 5) is 17.4. The van der Waals surface area contributed by atoms with E-state index >= 15 is 0 Å². The van der Waals surface area contributed by atoms with E-state index in [1.54, 1.807) is 18.2 Å². The second-order valence-electron chi connectivity index (χ2n) is 5.71.